The van der Waals surface area contributed by atoms with E-state index in [1.54, 1.807) is 24.3 Å². The third-order valence-electron chi connectivity index (χ3n) is 1.70. The molecule has 15 heavy (non-hydrogen) atoms. The van der Waals surface area contributed by atoms with Crippen LogP contribution in [0.5, 0.6) is 0 Å². The predicted molar refractivity (Wildman–Crippen MR) is 58.7 cm³/mol. The van der Waals surface area contributed by atoms with Crippen LogP contribution in [0.1, 0.15) is 0 Å². The van der Waals surface area contributed by atoms with Gasteiger partial charge in [0.15, 0.2) is 0 Å². The number of hydrogen-bond acceptors (Lipinski definition) is 3. The molecular weight excluding hydrogens is 238 g/mol. The van der Waals surface area contributed by atoms with Gasteiger partial charge in [0.1, 0.15) is 6.54 Å². The maximum Gasteiger partial charge on any atom is 0.326 e. The van der Waals surface area contributed by atoms with E-state index in [1.807, 2.05) is 0 Å². The zero-order valence-corrected chi connectivity index (χ0v) is 9.59. The number of carboxylic acids is 1. The Morgan fingerprint density at radius 1 is 1.47 bits per heavy atom. The summed E-state index contributed by atoms with van der Waals surface area (Å²) in [5, 5.41) is 8.96. The monoisotopic (exact) mass is 247 g/mol. The van der Waals surface area contributed by atoms with Crippen LogP contribution >= 0.6 is 11.6 Å². The van der Waals surface area contributed by atoms with E-state index in [0.717, 1.165) is 0 Å². The van der Waals surface area contributed by atoms with Gasteiger partial charge in [-0.25, -0.2) is 8.57 Å². The summed E-state index contributed by atoms with van der Waals surface area (Å²) in [7, 11) is -2.64. The van der Waals surface area contributed by atoms with Crippen molar-refractivity contribution in [1.29, 1.82) is 0 Å². The molecule has 0 fully saturated rings. The van der Waals surface area contributed by atoms with Crippen LogP contribution < -0.4 is 0 Å². The van der Waals surface area contributed by atoms with Crippen molar-refractivity contribution in [3.05, 3.63) is 29.3 Å². The molecule has 0 aromatic heterocycles. The van der Waals surface area contributed by atoms with Gasteiger partial charge in [-0.05, 0) is 24.3 Å². The van der Waals surface area contributed by atoms with Crippen LogP contribution in [0.25, 0.3) is 0 Å². The average molecular weight is 248 g/mol. The normalized spacial score (nSPS) is 14.3. The Morgan fingerprint density at radius 3 is 2.47 bits per heavy atom. The Hall–Kier alpha value is -1.07. The van der Waals surface area contributed by atoms with Crippen molar-refractivity contribution in [2.24, 2.45) is 4.36 Å². The second kappa shape index (κ2) is 4.63. The first-order chi connectivity index (χ1) is 6.92. The topological polar surface area (TPSA) is 66.7 Å². The van der Waals surface area contributed by atoms with Gasteiger partial charge in [-0.1, -0.05) is 11.6 Å². The van der Waals surface area contributed by atoms with Crippen LogP contribution in [0.2, 0.25) is 5.02 Å². The van der Waals surface area contributed by atoms with E-state index in [2.05, 4.69) is 4.36 Å². The van der Waals surface area contributed by atoms with Crippen molar-refractivity contribution >= 4 is 27.3 Å². The molecule has 1 unspecified atom stereocenters. The quantitative estimate of drug-likeness (QED) is 0.887. The molecule has 0 bridgehead atoms. The number of carbonyl (C=O) groups is 1. The highest BCUT2D eigenvalue weighted by molar-refractivity contribution is 7.93. The molecule has 1 aromatic rings. The second-order valence-electron chi connectivity index (χ2n) is 2.94. The zero-order chi connectivity index (χ0) is 11.5. The van der Waals surface area contributed by atoms with Gasteiger partial charge in [-0.15, -0.1) is 0 Å². The molecule has 0 saturated carbocycles. The summed E-state index contributed by atoms with van der Waals surface area (Å²) in [6, 6.07) is 6.35. The predicted octanol–water partition coefficient (Wildman–Crippen LogP) is 1.88. The second-order valence-corrected chi connectivity index (χ2v) is 5.71. The maximum absolute atomic E-state index is 11.9. The lowest BCUT2D eigenvalue weighted by Crippen LogP contribution is -2.05. The van der Waals surface area contributed by atoms with Crippen LogP contribution in [-0.2, 0) is 14.5 Å². The molecule has 1 rings (SSSR count). The van der Waals surface area contributed by atoms with Gasteiger partial charge in [0.2, 0.25) is 0 Å². The van der Waals surface area contributed by atoms with E-state index < -0.39 is 22.2 Å². The Balaban J connectivity index is 3.05. The third-order valence-corrected chi connectivity index (χ3v) is 3.72. The minimum Gasteiger partial charge on any atom is -0.480 e. The lowest BCUT2D eigenvalue weighted by Gasteiger charge is -2.03. The summed E-state index contributed by atoms with van der Waals surface area (Å²) in [5.74, 6) is -1.10. The summed E-state index contributed by atoms with van der Waals surface area (Å²) >= 11 is 5.67. The van der Waals surface area contributed by atoms with Gasteiger partial charge < -0.3 is 5.11 Å². The van der Waals surface area contributed by atoms with Gasteiger partial charge >= 0.3 is 5.97 Å². The van der Waals surface area contributed by atoms with E-state index in [0.29, 0.717) is 9.92 Å². The first-order valence-corrected chi connectivity index (χ1v) is 6.37. The third kappa shape index (κ3) is 3.53. The molecular formula is C9H10ClNO3S. The van der Waals surface area contributed by atoms with Gasteiger partial charge in [-0.3, -0.25) is 4.79 Å². The van der Waals surface area contributed by atoms with Crippen molar-refractivity contribution < 1.29 is 14.1 Å². The first kappa shape index (κ1) is 12.0. The highest BCUT2D eigenvalue weighted by Gasteiger charge is 2.06. The SMILES string of the molecule is CS(=O)(=NCC(=O)O)c1ccc(Cl)cc1. The number of aliphatic carboxylic acids is 1. The van der Waals surface area contributed by atoms with Crippen LogP contribution in [-0.4, -0.2) is 28.1 Å². The molecule has 1 N–H and O–H groups in total. The smallest absolute Gasteiger partial charge is 0.326 e. The van der Waals surface area contributed by atoms with Crippen molar-refractivity contribution in [2.75, 3.05) is 12.8 Å². The molecule has 0 heterocycles. The fourth-order valence-corrected chi connectivity index (χ4v) is 2.21. The van der Waals surface area contributed by atoms with E-state index in [-0.39, 0.29) is 0 Å². The number of hydrogen-bond donors (Lipinski definition) is 1. The van der Waals surface area contributed by atoms with Crippen LogP contribution in [0.15, 0.2) is 33.5 Å². The minimum atomic E-state index is -2.64. The Morgan fingerprint density at radius 2 is 2.00 bits per heavy atom. The van der Waals surface area contributed by atoms with Gasteiger partial charge in [0, 0.05) is 16.2 Å². The van der Waals surface area contributed by atoms with Crippen molar-refractivity contribution in [1.82, 2.24) is 0 Å². The first-order valence-electron chi connectivity index (χ1n) is 4.07. The molecule has 0 amide bonds. The largest absolute Gasteiger partial charge is 0.480 e. The lowest BCUT2D eigenvalue weighted by atomic mass is 10.4. The molecule has 0 aliphatic carbocycles. The lowest BCUT2D eigenvalue weighted by molar-refractivity contribution is -0.135. The molecule has 1 aromatic carbocycles. The van der Waals surface area contributed by atoms with Crippen molar-refractivity contribution in [2.45, 2.75) is 4.90 Å². The van der Waals surface area contributed by atoms with E-state index >= 15 is 0 Å². The molecule has 0 radical (unpaired) electrons. The molecule has 6 heteroatoms. The fourth-order valence-electron chi connectivity index (χ4n) is 0.940. The van der Waals surface area contributed by atoms with Gasteiger partial charge in [0.25, 0.3) is 0 Å². The highest BCUT2D eigenvalue weighted by atomic mass is 35.5. The van der Waals surface area contributed by atoms with E-state index in [4.69, 9.17) is 16.7 Å². The molecule has 4 nitrogen and oxygen atoms in total. The van der Waals surface area contributed by atoms with Gasteiger partial charge in [0.05, 0.1) is 9.73 Å². The zero-order valence-electron chi connectivity index (χ0n) is 8.01. The average Bonchev–Trinajstić information content (AvgIpc) is 2.16. The Labute approximate surface area is 93.1 Å². The number of nitrogens with zero attached hydrogens (tertiary/aromatic N) is 1. The van der Waals surface area contributed by atoms with Crippen LogP contribution in [0.4, 0.5) is 0 Å². The summed E-state index contributed by atoms with van der Waals surface area (Å²) in [6.45, 7) is -0.460. The maximum atomic E-state index is 11.9. The molecule has 0 saturated heterocycles. The Bertz CT molecular complexity index is 475. The summed E-state index contributed by atoms with van der Waals surface area (Å²) < 4.78 is 15.6. The summed E-state index contributed by atoms with van der Waals surface area (Å²) in [4.78, 5) is 10.8. The van der Waals surface area contributed by atoms with Gasteiger partial charge in [-0.2, -0.15) is 0 Å². The molecule has 0 aliphatic rings. The molecule has 0 spiro atoms. The number of carboxylic acid groups (broad SMARTS) is 1. The Kier molecular flexibility index (Phi) is 3.71. The molecule has 0 aliphatic heterocycles. The standard InChI is InChI=1S/C9H10ClNO3S/c1-15(14,11-6-9(12)13)8-4-2-7(10)3-5-8/h2-5H,6H2,1H3,(H,12,13). The minimum absolute atomic E-state index is 0.460. The highest BCUT2D eigenvalue weighted by Crippen LogP contribution is 2.15. The summed E-state index contributed by atoms with van der Waals surface area (Å²) in [6.07, 6.45) is 1.40. The van der Waals surface area contributed by atoms with Crippen LogP contribution in [0.3, 0.4) is 0 Å². The number of benzene rings is 1. The van der Waals surface area contributed by atoms with Crippen LogP contribution in [0, 0.1) is 0 Å². The van der Waals surface area contributed by atoms with Crippen molar-refractivity contribution in [3.63, 3.8) is 0 Å². The molecule has 1 atom stereocenters. The number of rotatable bonds is 3. The fraction of sp³-hybridized carbons (Fsp3) is 0.222. The van der Waals surface area contributed by atoms with E-state index in [9.17, 15) is 9.00 Å². The summed E-state index contributed by atoms with van der Waals surface area (Å²) in [5.41, 5.74) is 0. The molecule has 82 valence electrons. The van der Waals surface area contributed by atoms with E-state index in [1.165, 1.54) is 6.26 Å². The van der Waals surface area contributed by atoms with Crippen molar-refractivity contribution in [3.8, 4) is 0 Å². The number of halogens is 1.